The maximum atomic E-state index is 14.2. The van der Waals surface area contributed by atoms with E-state index < -0.39 is 18.1 Å². The number of amides is 2. The molecule has 228 valence electrons. The van der Waals surface area contributed by atoms with E-state index in [0.29, 0.717) is 11.3 Å². The van der Waals surface area contributed by atoms with Gasteiger partial charge in [-0.2, -0.15) is 4.91 Å². The second-order valence-corrected chi connectivity index (χ2v) is 10.2. The summed E-state index contributed by atoms with van der Waals surface area (Å²) in [6, 6.07) is 13.4. The van der Waals surface area contributed by atoms with Crippen molar-refractivity contribution >= 4 is 17.5 Å². The summed E-state index contributed by atoms with van der Waals surface area (Å²) in [6.45, 7) is 2.68. The summed E-state index contributed by atoms with van der Waals surface area (Å²) in [4.78, 5) is 36.2. The highest BCUT2D eigenvalue weighted by Crippen LogP contribution is 2.39. The minimum atomic E-state index is -1.64. The van der Waals surface area contributed by atoms with Crippen LogP contribution in [0.15, 0.2) is 72.1 Å². The van der Waals surface area contributed by atoms with Gasteiger partial charge in [0.25, 0.3) is 5.91 Å². The molecule has 42 heavy (non-hydrogen) atoms. The van der Waals surface area contributed by atoms with Crippen LogP contribution in [0.1, 0.15) is 66.4 Å². The molecule has 0 bridgehead atoms. The van der Waals surface area contributed by atoms with Gasteiger partial charge in [0.1, 0.15) is 18.0 Å². The first kappa shape index (κ1) is 34.1. The molecule has 1 aliphatic heterocycles. The summed E-state index contributed by atoms with van der Waals surface area (Å²) in [5.41, 5.74) is 17.4. The van der Waals surface area contributed by atoms with Gasteiger partial charge in [-0.15, -0.1) is 0 Å². The Morgan fingerprint density at radius 3 is 2.14 bits per heavy atom. The highest BCUT2D eigenvalue weighted by molar-refractivity contribution is 5.96. The van der Waals surface area contributed by atoms with E-state index in [9.17, 15) is 23.3 Å². The number of carbonyl (C=O) groups is 2. The van der Waals surface area contributed by atoms with Gasteiger partial charge in [-0.1, -0.05) is 36.4 Å². The highest BCUT2D eigenvalue weighted by Gasteiger charge is 2.36. The molecular weight excluding hydrogens is 542 g/mol. The van der Waals surface area contributed by atoms with E-state index in [1.807, 2.05) is 12.1 Å². The molecule has 0 radical (unpaired) electrons. The molecule has 2 aromatic rings. The maximum Gasteiger partial charge on any atom is 0.251 e. The van der Waals surface area contributed by atoms with Gasteiger partial charge in [0.2, 0.25) is 5.91 Å². The highest BCUT2D eigenvalue weighted by atomic mass is 19.1. The zero-order valence-electron chi connectivity index (χ0n) is 24.1. The topological polar surface area (TPSA) is 157 Å². The van der Waals surface area contributed by atoms with Gasteiger partial charge in [-0.05, 0) is 85.5 Å². The van der Waals surface area contributed by atoms with E-state index in [4.69, 9.17) is 17.2 Å². The minimum absolute atomic E-state index is 0.0637. The van der Waals surface area contributed by atoms with E-state index in [0.717, 1.165) is 24.4 Å². The van der Waals surface area contributed by atoms with Crippen molar-refractivity contribution in [3.63, 3.8) is 0 Å². The van der Waals surface area contributed by atoms with Crippen LogP contribution in [0.3, 0.4) is 0 Å². The number of nitrogens with zero attached hydrogens (tertiary/aromatic N) is 2. The minimum Gasteiger partial charge on any atom is -0.405 e. The van der Waals surface area contributed by atoms with Crippen molar-refractivity contribution in [1.29, 1.82) is 0 Å². The summed E-state index contributed by atoms with van der Waals surface area (Å²) < 4.78 is 26.5. The van der Waals surface area contributed by atoms with Crippen LogP contribution in [0.25, 0.3) is 5.70 Å². The van der Waals surface area contributed by atoms with E-state index in [1.165, 1.54) is 41.6 Å². The molecular formula is C31H42F2N6O3. The smallest absolute Gasteiger partial charge is 0.251 e. The number of rotatable bonds is 9. The van der Waals surface area contributed by atoms with Crippen molar-refractivity contribution in [2.45, 2.75) is 50.6 Å². The molecule has 0 unspecified atom stereocenters. The predicted molar refractivity (Wildman–Crippen MR) is 162 cm³/mol. The van der Waals surface area contributed by atoms with Crippen molar-refractivity contribution in [3.05, 3.63) is 94.3 Å². The predicted octanol–water partition coefficient (Wildman–Crippen LogP) is 4.34. The lowest BCUT2D eigenvalue weighted by Gasteiger charge is -2.35. The summed E-state index contributed by atoms with van der Waals surface area (Å²) in [6.07, 6.45) is 8.40. The number of halogens is 2. The number of likely N-dealkylation sites (tertiary alicyclic amines) is 1. The summed E-state index contributed by atoms with van der Waals surface area (Å²) in [5.74, 6) is -0.0943. The number of allylic oxidation sites excluding steroid dienone is 2. The number of hydrogen-bond donors (Lipinski definition) is 4. The fourth-order valence-corrected chi connectivity index (χ4v) is 4.02. The Morgan fingerprint density at radius 1 is 1.07 bits per heavy atom. The number of hydrogen-bond acceptors (Lipinski definition) is 7. The molecule has 1 aliphatic carbocycles. The molecule has 7 N–H and O–H groups in total. The molecule has 11 heteroatoms. The average Bonchev–Trinajstić information content (AvgIpc) is 3.85. The van der Waals surface area contributed by atoms with Crippen LogP contribution >= 0.6 is 0 Å². The van der Waals surface area contributed by atoms with Crippen molar-refractivity contribution in [2.75, 3.05) is 32.7 Å². The zero-order valence-corrected chi connectivity index (χ0v) is 24.1. The lowest BCUT2D eigenvalue weighted by Crippen LogP contribution is -2.48. The quantitative estimate of drug-likeness (QED) is 0.254. The van der Waals surface area contributed by atoms with Crippen molar-refractivity contribution in [2.24, 2.45) is 22.4 Å². The van der Waals surface area contributed by atoms with Crippen LogP contribution in [0.2, 0.25) is 0 Å². The first-order valence-corrected chi connectivity index (χ1v) is 14.1. The van der Waals surface area contributed by atoms with Crippen molar-refractivity contribution in [1.82, 2.24) is 10.2 Å². The summed E-state index contributed by atoms with van der Waals surface area (Å²) in [7, 11) is 0. The third-order valence-corrected chi connectivity index (χ3v) is 6.84. The molecule has 2 fully saturated rings. The van der Waals surface area contributed by atoms with Gasteiger partial charge in [-0.25, -0.2) is 8.78 Å². The van der Waals surface area contributed by atoms with Crippen LogP contribution in [-0.2, 0) is 4.79 Å². The van der Waals surface area contributed by atoms with Gasteiger partial charge >= 0.3 is 0 Å². The van der Waals surface area contributed by atoms with Crippen molar-refractivity contribution < 1.29 is 18.4 Å². The summed E-state index contributed by atoms with van der Waals surface area (Å²) >= 11 is 0. The van der Waals surface area contributed by atoms with Crippen molar-refractivity contribution in [3.8, 4) is 0 Å². The molecule has 4 rings (SSSR count). The standard InChI is InChI=1S/C19H24FN5O3.C9H9F.C3H9N/c20-19(13-24-28)7-10-25(11-8-19)17(26)12-23-18(27)15-5-3-14(4-6-15)16(22)2-1-9-21;10-9-5-3-8(4-6-9)7-1-2-7;1-2-3-4/h1-6,9H,7-8,10-13,21-22H2,(H,23,27);3-7H,1-2H2;2-4H2,1H3/b9-1-,16-2-;;. The molecule has 1 heterocycles. The second kappa shape index (κ2) is 17.6. The Balaban J connectivity index is 0.000000357. The van der Waals surface area contributed by atoms with Crippen LogP contribution in [0, 0.1) is 10.7 Å². The number of piperidine rings is 1. The van der Waals surface area contributed by atoms with E-state index in [-0.39, 0.29) is 44.2 Å². The first-order valence-electron chi connectivity index (χ1n) is 14.1. The van der Waals surface area contributed by atoms with Gasteiger partial charge < -0.3 is 27.4 Å². The SMILES string of the molecule is CCCN.Fc1ccc(C2CC2)cc1.N/C=C\C=C(/N)c1ccc(C(=O)NCC(=O)N2CCC(F)(CN=O)CC2)cc1. The fourth-order valence-electron chi connectivity index (χ4n) is 4.02. The Hall–Kier alpha value is -4.12. The second-order valence-electron chi connectivity index (χ2n) is 10.2. The van der Waals surface area contributed by atoms with Gasteiger partial charge in [0.05, 0.1) is 6.54 Å². The first-order chi connectivity index (χ1) is 20.2. The van der Waals surface area contributed by atoms with Crippen LogP contribution < -0.4 is 22.5 Å². The number of carbonyl (C=O) groups excluding carboxylic acids is 2. The number of nitrogens with one attached hydrogen (secondary N) is 1. The molecule has 0 aromatic heterocycles. The Morgan fingerprint density at radius 2 is 1.64 bits per heavy atom. The molecule has 0 atom stereocenters. The normalized spacial score (nSPS) is 16.0. The maximum absolute atomic E-state index is 14.2. The van der Waals surface area contributed by atoms with Crippen LogP contribution in [-0.4, -0.2) is 55.1 Å². The lowest BCUT2D eigenvalue weighted by atomic mass is 9.93. The largest absolute Gasteiger partial charge is 0.405 e. The van der Waals surface area contributed by atoms with E-state index >= 15 is 0 Å². The van der Waals surface area contributed by atoms with Crippen LogP contribution in [0.4, 0.5) is 8.78 Å². The Labute approximate surface area is 246 Å². The average molecular weight is 585 g/mol. The molecule has 2 aromatic carbocycles. The van der Waals surface area contributed by atoms with Crippen LogP contribution in [0.5, 0.6) is 0 Å². The molecule has 1 saturated carbocycles. The fraction of sp³-hybridized carbons (Fsp3) is 0.419. The molecule has 1 saturated heterocycles. The van der Waals surface area contributed by atoms with Gasteiger partial charge in [-0.3, -0.25) is 9.59 Å². The lowest BCUT2D eigenvalue weighted by molar-refractivity contribution is -0.132. The third kappa shape index (κ3) is 11.8. The molecule has 9 nitrogen and oxygen atoms in total. The van der Waals surface area contributed by atoms with E-state index in [1.54, 1.807) is 36.4 Å². The van der Waals surface area contributed by atoms with Gasteiger partial charge in [0.15, 0.2) is 0 Å². The zero-order chi connectivity index (χ0) is 31.0. The Kier molecular flexibility index (Phi) is 14.3. The molecule has 0 spiro atoms. The molecule has 2 aliphatic rings. The Bertz CT molecular complexity index is 1190. The monoisotopic (exact) mass is 584 g/mol. The number of nitrogens with two attached hydrogens (primary N) is 3. The molecule has 2 amide bonds. The number of benzene rings is 2. The van der Waals surface area contributed by atoms with E-state index in [2.05, 4.69) is 17.4 Å². The van der Waals surface area contributed by atoms with Gasteiger partial charge in [0, 0.05) is 37.2 Å². The number of nitroso groups, excluding NO2 is 1. The third-order valence-electron chi connectivity index (χ3n) is 6.84. The summed E-state index contributed by atoms with van der Waals surface area (Å²) in [5, 5.41) is 5.18. The number of alkyl halides is 1.